The summed E-state index contributed by atoms with van der Waals surface area (Å²) in [7, 11) is 0. The number of carboxylic acids is 1. The first kappa shape index (κ1) is 13.1. The summed E-state index contributed by atoms with van der Waals surface area (Å²) in [6.45, 7) is 0.00335. The Morgan fingerprint density at radius 2 is 1.79 bits per heavy atom. The third-order valence-corrected chi connectivity index (χ3v) is 2.72. The summed E-state index contributed by atoms with van der Waals surface area (Å²) in [5.74, 6) is -0.847. The van der Waals surface area contributed by atoms with Crippen LogP contribution >= 0.6 is 0 Å². The van der Waals surface area contributed by atoms with E-state index >= 15 is 0 Å². The van der Waals surface area contributed by atoms with Crippen LogP contribution in [0.3, 0.4) is 0 Å². The topological polar surface area (TPSA) is 66.8 Å². The summed E-state index contributed by atoms with van der Waals surface area (Å²) in [5, 5.41) is 18.4. The molecule has 0 spiro atoms. The van der Waals surface area contributed by atoms with Gasteiger partial charge in [-0.3, -0.25) is 0 Å². The first-order valence-corrected chi connectivity index (χ1v) is 5.85. The first-order chi connectivity index (χ1) is 9.22. The van der Waals surface area contributed by atoms with Crippen molar-refractivity contribution in [1.82, 2.24) is 0 Å². The van der Waals surface area contributed by atoms with Gasteiger partial charge in [0, 0.05) is 5.56 Å². The molecule has 0 fully saturated rings. The highest BCUT2D eigenvalue weighted by Crippen LogP contribution is 2.25. The van der Waals surface area contributed by atoms with Crippen LogP contribution in [0.15, 0.2) is 48.5 Å². The number of aliphatic hydroxyl groups is 1. The van der Waals surface area contributed by atoms with Gasteiger partial charge in [-0.2, -0.15) is 0 Å². The number of ether oxygens (including phenoxy) is 1. The number of benzene rings is 2. The highest BCUT2D eigenvalue weighted by Gasteiger charge is 2.15. The van der Waals surface area contributed by atoms with Crippen molar-refractivity contribution in [2.24, 2.45) is 0 Å². The van der Waals surface area contributed by atoms with Crippen LogP contribution < -0.4 is 4.74 Å². The Labute approximate surface area is 110 Å². The predicted octanol–water partition coefficient (Wildman–Crippen LogP) is 2.46. The van der Waals surface area contributed by atoms with Gasteiger partial charge in [0.25, 0.3) is 0 Å². The maximum absolute atomic E-state index is 11.1. The van der Waals surface area contributed by atoms with E-state index in [-0.39, 0.29) is 24.5 Å². The molecule has 0 unspecified atom stereocenters. The van der Waals surface area contributed by atoms with Crippen LogP contribution in [-0.4, -0.2) is 16.2 Å². The minimum Gasteiger partial charge on any atom is -0.488 e. The fourth-order valence-electron chi connectivity index (χ4n) is 1.78. The third-order valence-electron chi connectivity index (χ3n) is 2.72. The van der Waals surface area contributed by atoms with E-state index in [4.69, 9.17) is 9.84 Å². The molecule has 0 atom stereocenters. The van der Waals surface area contributed by atoms with Crippen molar-refractivity contribution in [3.63, 3.8) is 0 Å². The quantitative estimate of drug-likeness (QED) is 0.864. The summed E-state index contributed by atoms with van der Waals surface area (Å²) < 4.78 is 5.57. The van der Waals surface area contributed by atoms with E-state index in [0.717, 1.165) is 5.56 Å². The lowest BCUT2D eigenvalue weighted by Gasteiger charge is -2.12. The van der Waals surface area contributed by atoms with Gasteiger partial charge in [0.15, 0.2) is 0 Å². The SMILES string of the molecule is O=C(O)c1cccc(CO)c1OCc1ccccc1. The standard InChI is InChI=1S/C15H14O4/c16-9-12-7-4-8-13(15(17)18)14(12)19-10-11-5-2-1-3-6-11/h1-8,16H,9-10H2,(H,17,18). The van der Waals surface area contributed by atoms with Crippen molar-refractivity contribution in [3.8, 4) is 5.75 Å². The first-order valence-electron chi connectivity index (χ1n) is 5.85. The number of carbonyl (C=O) groups is 1. The van der Waals surface area contributed by atoms with E-state index in [0.29, 0.717) is 5.56 Å². The molecule has 4 nitrogen and oxygen atoms in total. The fourth-order valence-corrected chi connectivity index (χ4v) is 1.78. The summed E-state index contributed by atoms with van der Waals surface area (Å²) >= 11 is 0. The van der Waals surface area contributed by atoms with Gasteiger partial charge in [0.1, 0.15) is 17.9 Å². The highest BCUT2D eigenvalue weighted by molar-refractivity contribution is 5.91. The van der Waals surface area contributed by atoms with E-state index in [1.165, 1.54) is 6.07 Å². The number of carboxylic acid groups (broad SMARTS) is 1. The van der Waals surface area contributed by atoms with Crippen molar-refractivity contribution in [2.45, 2.75) is 13.2 Å². The number of aliphatic hydroxyl groups excluding tert-OH is 1. The second kappa shape index (κ2) is 6.02. The smallest absolute Gasteiger partial charge is 0.339 e. The van der Waals surface area contributed by atoms with Crippen molar-refractivity contribution in [2.75, 3.05) is 0 Å². The van der Waals surface area contributed by atoms with Crippen molar-refractivity contribution in [1.29, 1.82) is 0 Å². The Hall–Kier alpha value is -2.33. The maximum atomic E-state index is 11.1. The lowest BCUT2D eigenvalue weighted by Crippen LogP contribution is -2.06. The van der Waals surface area contributed by atoms with Gasteiger partial charge in [-0.05, 0) is 11.6 Å². The van der Waals surface area contributed by atoms with Crippen LogP contribution in [-0.2, 0) is 13.2 Å². The monoisotopic (exact) mass is 258 g/mol. The molecule has 4 heteroatoms. The second-order valence-electron chi connectivity index (χ2n) is 4.03. The van der Waals surface area contributed by atoms with E-state index < -0.39 is 5.97 Å². The van der Waals surface area contributed by atoms with Crippen molar-refractivity contribution < 1.29 is 19.7 Å². The van der Waals surface area contributed by atoms with Crippen LogP contribution in [0.4, 0.5) is 0 Å². The molecule has 0 aromatic heterocycles. The zero-order valence-corrected chi connectivity index (χ0v) is 10.2. The maximum Gasteiger partial charge on any atom is 0.339 e. The number of hydrogen-bond donors (Lipinski definition) is 2. The van der Waals surface area contributed by atoms with Crippen LogP contribution in [0.2, 0.25) is 0 Å². The Morgan fingerprint density at radius 3 is 2.42 bits per heavy atom. The Kier molecular flexibility index (Phi) is 4.15. The Morgan fingerprint density at radius 1 is 1.05 bits per heavy atom. The number of aromatic carboxylic acids is 1. The molecule has 2 aromatic carbocycles. The molecule has 2 N–H and O–H groups in total. The molecule has 0 radical (unpaired) electrons. The van der Waals surface area contributed by atoms with Crippen molar-refractivity contribution in [3.05, 3.63) is 65.2 Å². The summed E-state index contributed by atoms with van der Waals surface area (Å²) in [6.07, 6.45) is 0. The lowest BCUT2D eigenvalue weighted by molar-refractivity contribution is 0.0691. The summed E-state index contributed by atoms with van der Waals surface area (Å²) in [6, 6.07) is 14.1. The average molecular weight is 258 g/mol. The lowest BCUT2D eigenvalue weighted by atomic mass is 10.1. The van der Waals surface area contributed by atoms with E-state index in [1.54, 1.807) is 12.1 Å². The number of para-hydroxylation sites is 1. The largest absolute Gasteiger partial charge is 0.488 e. The van der Waals surface area contributed by atoms with Crippen LogP contribution in [0.25, 0.3) is 0 Å². The van der Waals surface area contributed by atoms with Gasteiger partial charge in [0.2, 0.25) is 0 Å². The Bertz CT molecular complexity index is 564. The molecule has 0 heterocycles. The molecule has 98 valence electrons. The van der Waals surface area contributed by atoms with E-state index in [9.17, 15) is 9.90 Å². The molecule has 0 aliphatic carbocycles. The fraction of sp³-hybridized carbons (Fsp3) is 0.133. The second-order valence-corrected chi connectivity index (χ2v) is 4.03. The highest BCUT2D eigenvalue weighted by atomic mass is 16.5. The Balaban J connectivity index is 2.25. The molecule has 0 aliphatic heterocycles. The molecule has 0 amide bonds. The minimum absolute atomic E-state index is 0.0579. The molecule has 2 aromatic rings. The van der Waals surface area contributed by atoms with Gasteiger partial charge in [-0.15, -0.1) is 0 Å². The van der Waals surface area contributed by atoms with Gasteiger partial charge in [-0.1, -0.05) is 42.5 Å². The molecular formula is C15H14O4. The predicted molar refractivity (Wildman–Crippen MR) is 70.1 cm³/mol. The summed E-state index contributed by atoms with van der Waals surface area (Å²) in [4.78, 5) is 11.1. The molecule has 0 aliphatic rings. The minimum atomic E-state index is -1.07. The zero-order chi connectivity index (χ0) is 13.7. The van der Waals surface area contributed by atoms with Gasteiger partial charge in [0.05, 0.1) is 6.61 Å². The van der Waals surface area contributed by atoms with E-state index in [1.807, 2.05) is 30.3 Å². The average Bonchev–Trinajstić information content (AvgIpc) is 2.45. The van der Waals surface area contributed by atoms with E-state index in [2.05, 4.69) is 0 Å². The zero-order valence-electron chi connectivity index (χ0n) is 10.2. The van der Waals surface area contributed by atoms with Gasteiger partial charge < -0.3 is 14.9 Å². The van der Waals surface area contributed by atoms with Crippen LogP contribution in [0.5, 0.6) is 5.75 Å². The van der Waals surface area contributed by atoms with Crippen LogP contribution in [0.1, 0.15) is 21.5 Å². The van der Waals surface area contributed by atoms with Crippen molar-refractivity contribution >= 4 is 5.97 Å². The molecule has 19 heavy (non-hydrogen) atoms. The molecule has 0 bridgehead atoms. The normalized spacial score (nSPS) is 10.2. The third kappa shape index (κ3) is 3.11. The molecule has 2 rings (SSSR count). The molecule has 0 saturated carbocycles. The molecular weight excluding hydrogens is 244 g/mol. The van der Waals surface area contributed by atoms with Gasteiger partial charge >= 0.3 is 5.97 Å². The summed E-state index contributed by atoms with van der Waals surface area (Å²) in [5.41, 5.74) is 1.46. The van der Waals surface area contributed by atoms with Crippen LogP contribution in [0, 0.1) is 0 Å². The number of rotatable bonds is 5. The number of hydrogen-bond acceptors (Lipinski definition) is 3. The van der Waals surface area contributed by atoms with Gasteiger partial charge in [-0.25, -0.2) is 4.79 Å². The molecule has 0 saturated heterocycles.